The molecule has 0 spiro atoms. The van der Waals surface area contributed by atoms with Crippen LogP contribution in [0, 0.1) is 0 Å². The zero-order valence-corrected chi connectivity index (χ0v) is 11.5. The summed E-state index contributed by atoms with van der Waals surface area (Å²) in [5.74, 6) is 0. The predicted molar refractivity (Wildman–Crippen MR) is 74.2 cm³/mol. The summed E-state index contributed by atoms with van der Waals surface area (Å²) in [6.07, 6.45) is 6.53. The molecule has 0 aliphatic heterocycles. The normalized spacial score (nSPS) is 11.4. The molecule has 0 saturated heterocycles. The van der Waals surface area contributed by atoms with Crippen molar-refractivity contribution in [3.05, 3.63) is 35.9 Å². The van der Waals surface area contributed by atoms with Gasteiger partial charge in [0.1, 0.15) is 0 Å². The summed E-state index contributed by atoms with van der Waals surface area (Å²) in [5, 5.41) is 0. The summed E-state index contributed by atoms with van der Waals surface area (Å²) < 4.78 is 31.9. The molecular weight excluding hydrogens is 248 g/mol. The SMILES string of the molecule is C=Cc1cccc(S(=O)(=O)O)c1CCCCCC. The zero-order valence-electron chi connectivity index (χ0n) is 10.7. The van der Waals surface area contributed by atoms with Gasteiger partial charge in [0.05, 0.1) is 4.90 Å². The molecule has 0 aliphatic carbocycles. The van der Waals surface area contributed by atoms with Crippen LogP contribution in [-0.4, -0.2) is 13.0 Å². The summed E-state index contributed by atoms with van der Waals surface area (Å²) in [4.78, 5) is 0.0106. The van der Waals surface area contributed by atoms with Crippen molar-refractivity contribution in [2.75, 3.05) is 0 Å². The van der Waals surface area contributed by atoms with E-state index >= 15 is 0 Å². The molecule has 0 amide bonds. The predicted octanol–water partition coefficient (Wildman–Crippen LogP) is 3.70. The first-order chi connectivity index (χ1) is 8.50. The van der Waals surface area contributed by atoms with E-state index in [1.54, 1.807) is 12.1 Å². The van der Waals surface area contributed by atoms with Crippen LogP contribution in [0.15, 0.2) is 29.7 Å². The quantitative estimate of drug-likeness (QED) is 0.606. The van der Waals surface area contributed by atoms with E-state index in [2.05, 4.69) is 13.5 Å². The lowest BCUT2D eigenvalue weighted by atomic mass is 10.0. The third-order valence-electron chi connectivity index (χ3n) is 2.95. The highest BCUT2D eigenvalue weighted by atomic mass is 32.2. The maximum atomic E-state index is 11.3. The summed E-state index contributed by atoms with van der Waals surface area (Å²) in [7, 11) is -4.16. The fourth-order valence-electron chi connectivity index (χ4n) is 2.01. The largest absolute Gasteiger partial charge is 0.294 e. The molecule has 0 bridgehead atoms. The number of hydrogen-bond donors (Lipinski definition) is 1. The lowest BCUT2D eigenvalue weighted by molar-refractivity contribution is 0.481. The monoisotopic (exact) mass is 268 g/mol. The van der Waals surface area contributed by atoms with E-state index in [-0.39, 0.29) is 4.90 Å². The molecule has 0 aromatic heterocycles. The van der Waals surface area contributed by atoms with Crippen LogP contribution < -0.4 is 0 Å². The van der Waals surface area contributed by atoms with Crippen LogP contribution in [0.4, 0.5) is 0 Å². The molecule has 0 saturated carbocycles. The number of rotatable bonds is 7. The van der Waals surface area contributed by atoms with Gasteiger partial charge in [0.25, 0.3) is 10.1 Å². The van der Waals surface area contributed by atoms with Crippen molar-refractivity contribution in [1.29, 1.82) is 0 Å². The molecule has 4 heteroatoms. The Morgan fingerprint density at radius 2 is 2.00 bits per heavy atom. The first-order valence-electron chi connectivity index (χ1n) is 6.22. The van der Waals surface area contributed by atoms with Gasteiger partial charge >= 0.3 is 0 Å². The highest BCUT2D eigenvalue weighted by Gasteiger charge is 2.16. The molecule has 1 aromatic rings. The molecule has 1 N–H and O–H groups in total. The molecule has 18 heavy (non-hydrogen) atoms. The Bertz CT molecular complexity index is 504. The molecule has 0 aliphatic rings. The van der Waals surface area contributed by atoms with Crippen LogP contribution >= 0.6 is 0 Å². The molecule has 100 valence electrons. The van der Waals surface area contributed by atoms with Gasteiger partial charge in [0.2, 0.25) is 0 Å². The van der Waals surface area contributed by atoms with Gasteiger partial charge in [-0.1, -0.05) is 51.0 Å². The van der Waals surface area contributed by atoms with Gasteiger partial charge in [-0.15, -0.1) is 0 Å². The Kier molecular flexibility index (Phi) is 5.56. The van der Waals surface area contributed by atoms with Crippen LogP contribution in [0.2, 0.25) is 0 Å². The second-order valence-corrected chi connectivity index (χ2v) is 5.70. The molecule has 1 rings (SSSR count). The Balaban J connectivity index is 3.02. The minimum Gasteiger partial charge on any atom is -0.282 e. The summed E-state index contributed by atoms with van der Waals surface area (Å²) in [5.41, 5.74) is 1.45. The van der Waals surface area contributed by atoms with Crippen LogP contribution in [0.3, 0.4) is 0 Å². The Labute approximate surface area is 109 Å². The lowest BCUT2D eigenvalue weighted by Crippen LogP contribution is -2.05. The van der Waals surface area contributed by atoms with Crippen molar-refractivity contribution >= 4 is 16.2 Å². The number of hydrogen-bond acceptors (Lipinski definition) is 2. The maximum absolute atomic E-state index is 11.3. The maximum Gasteiger partial charge on any atom is 0.294 e. The van der Waals surface area contributed by atoms with Crippen molar-refractivity contribution in [3.8, 4) is 0 Å². The van der Waals surface area contributed by atoms with Crippen molar-refractivity contribution in [3.63, 3.8) is 0 Å². The van der Waals surface area contributed by atoms with Gasteiger partial charge < -0.3 is 0 Å². The molecule has 0 unspecified atom stereocenters. The van der Waals surface area contributed by atoms with Gasteiger partial charge in [-0.05, 0) is 30.0 Å². The van der Waals surface area contributed by atoms with Crippen molar-refractivity contribution < 1.29 is 13.0 Å². The third-order valence-corrected chi connectivity index (χ3v) is 3.89. The highest BCUT2D eigenvalue weighted by Crippen LogP contribution is 2.23. The van der Waals surface area contributed by atoms with Crippen molar-refractivity contribution in [1.82, 2.24) is 0 Å². The van der Waals surface area contributed by atoms with Gasteiger partial charge in [0.15, 0.2) is 0 Å². The first kappa shape index (κ1) is 14.9. The minimum atomic E-state index is -4.16. The zero-order chi connectivity index (χ0) is 13.6. The van der Waals surface area contributed by atoms with E-state index in [1.165, 1.54) is 6.07 Å². The van der Waals surface area contributed by atoms with E-state index in [4.69, 9.17) is 0 Å². The van der Waals surface area contributed by atoms with Crippen LogP contribution in [0.25, 0.3) is 6.08 Å². The standard InChI is InChI=1S/C14H20O3S/c1-3-5-6-7-10-13-12(4-2)9-8-11-14(13)18(15,16)17/h4,8-9,11H,2-3,5-7,10H2,1H3,(H,15,16,17). The topological polar surface area (TPSA) is 54.4 Å². The first-order valence-corrected chi connectivity index (χ1v) is 7.66. The summed E-state index contributed by atoms with van der Waals surface area (Å²) in [6.45, 7) is 5.81. The minimum absolute atomic E-state index is 0.0106. The number of unbranched alkanes of at least 4 members (excludes halogenated alkanes) is 3. The summed E-state index contributed by atoms with van der Waals surface area (Å²) in [6, 6.07) is 4.88. The smallest absolute Gasteiger partial charge is 0.282 e. The van der Waals surface area contributed by atoms with E-state index < -0.39 is 10.1 Å². The number of benzene rings is 1. The van der Waals surface area contributed by atoms with Gasteiger partial charge in [0, 0.05) is 0 Å². The molecule has 3 nitrogen and oxygen atoms in total. The average molecular weight is 268 g/mol. The van der Waals surface area contributed by atoms with E-state index in [9.17, 15) is 13.0 Å². The Hall–Kier alpha value is -1.13. The molecular formula is C14H20O3S. The van der Waals surface area contributed by atoms with Crippen LogP contribution in [0.1, 0.15) is 43.7 Å². The van der Waals surface area contributed by atoms with Crippen molar-refractivity contribution in [2.24, 2.45) is 0 Å². The average Bonchev–Trinajstić information content (AvgIpc) is 2.33. The Morgan fingerprint density at radius 1 is 1.28 bits per heavy atom. The van der Waals surface area contributed by atoms with E-state index in [0.29, 0.717) is 12.0 Å². The van der Waals surface area contributed by atoms with Gasteiger partial charge in [-0.2, -0.15) is 8.42 Å². The van der Waals surface area contributed by atoms with Gasteiger partial charge in [-0.25, -0.2) is 0 Å². The molecule has 1 aromatic carbocycles. The van der Waals surface area contributed by atoms with Crippen molar-refractivity contribution in [2.45, 2.75) is 43.9 Å². The Morgan fingerprint density at radius 3 is 2.56 bits per heavy atom. The molecule has 0 fully saturated rings. The van der Waals surface area contributed by atoms with Crippen LogP contribution in [0.5, 0.6) is 0 Å². The fraction of sp³-hybridized carbons (Fsp3) is 0.429. The molecule has 0 radical (unpaired) electrons. The summed E-state index contributed by atoms with van der Waals surface area (Å²) >= 11 is 0. The lowest BCUT2D eigenvalue weighted by Gasteiger charge is -2.10. The molecule has 0 heterocycles. The third kappa shape index (κ3) is 3.96. The fourth-order valence-corrected chi connectivity index (χ4v) is 2.79. The van der Waals surface area contributed by atoms with Crippen LogP contribution in [-0.2, 0) is 16.5 Å². The van der Waals surface area contributed by atoms with E-state index in [0.717, 1.165) is 31.2 Å². The van der Waals surface area contributed by atoms with Gasteiger partial charge in [-0.3, -0.25) is 4.55 Å². The van der Waals surface area contributed by atoms with E-state index in [1.807, 2.05) is 6.07 Å². The highest BCUT2D eigenvalue weighted by molar-refractivity contribution is 7.85. The second-order valence-electron chi connectivity index (χ2n) is 4.31. The molecule has 0 atom stereocenters. The second kappa shape index (κ2) is 6.71.